The first kappa shape index (κ1) is 19.1. The summed E-state index contributed by atoms with van der Waals surface area (Å²) in [5.74, 6) is -1.49. The number of pyridine rings is 1. The average Bonchev–Trinajstić information content (AvgIpc) is 2.66. The first-order valence-corrected chi connectivity index (χ1v) is 8.21. The Morgan fingerprint density at radius 3 is 2.54 bits per heavy atom. The quantitative estimate of drug-likeness (QED) is 0.766. The lowest BCUT2D eigenvalue weighted by Crippen LogP contribution is -2.37. The number of anilines is 1. The van der Waals surface area contributed by atoms with Gasteiger partial charge in [0.2, 0.25) is 5.91 Å². The van der Waals surface area contributed by atoms with Crippen LogP contribution in [0.5, 0.6) is 0 Å². The number of ether oxygens (including phenoxy) is 1. The first-order chi connectivity index (χ1) is 12.5. The number of aryl methyl sites for hydroxylation is 1. The monoisotopic (exact) mass is 355 g/mol. The minimum Gasteiger partial charge on any atom is -0.451 e. The molecule has 136 valence electrons. The van der Waals surface area contributed by atoms with Gasteiger partial charge >= 0.3 is 5.97 Å². The number of hydrogen-bond donors (Lipinski definition) is 1. The van der Waals surface area contributed by atoms with Gasteiger partial charge in [-0.25, -0.2) is 9.78 Å². The molecule has 7 heteroatoms. The van der Waals surface area contributed by atoms with Crippen LogP contribution in [0.15, 0.2) is 48.7 Å². The molecule has 0 aliphatic carbocycles. The fraction of sp³-hybridized carbons (Fsp3) is 0.263. The molecule has 0 saturated heterocycles. The Labute approximate surface area is 152 Å². The molecule has 0 aliphatic heterocycles. The van der Waals surface area contributed by atoms with Crippen molar-refractivity contribution >= 4 is 23.5 Å². The van der Waals surface area contributed by atoms with Gasteiger partial charge in [-0.2, -0.15) is 0 Å². The van der Waals surface area contributed by atoms with E-state index in [1.165, 1.54) is 24.2 Å². The molecule has 2 rings (SSSR count). The van der Waals surface area contributed by atoms with Crippen LogP contribution in [0.1, 0.15) is 23.0 Å². The van der Waals surface area contributed by atoms with Gasteiger partial charge in [-0.15, -0.1) is 0 Å². The Kier molecular flexibility index (Phi) is 6.84. The summed E-state index contributed by atoms with van der Waals surface area (Å²) >= 11 is 0. The van der Waals surface area contributed by atoms with Crippen LogP contribution in [0.4, 0.5) is 5.69 Å². The van der Waals surface area contributed by atoms with Gasteiger partial charge in [0.25, 0.3) is 5.91 Å². The molecule has 0 radical (unpaired) electrons. The molecule has 1 aromatic carbocycles. The van der Waals surface area contributed by atoms with E-state index in [4.69, 9.17) is 4.74 Å². The number of carbonyl (C=O) groups is 3. The molecule has 0 aliphatic rings. The molecule has 0 saturated carbocycles. The van der Waals surface area contributed by atoms with Crippen LogP contribution in [0.2, 0.25) is 0 Å². The Balaban J connectivity index is 1.82. The van der Waals surface area contributed by atoms with Crippen LogP contribution < -0.4 is 5.32 Å². The fourth-order valence-electron chi connectivity index (χ4n) is 2.24. The predicted molar refractivity (Wildman–Crippen MR) is 96.6 cm³/mol. The fourth-order valence-corrected chi connectivity index (χ4v) is 2.24. The van der Waals surface area contributed by atoms with E-state index in [-0.39, 0.29) is 18.1 Å². The van der Waals surface area contributed by atoms with E-state index in [0.717, 1.165) is 17.7 Å². The number of carbonyl (C=O) groups excluding carboxylic acids is 3. The molecule has 1 N–H and O–H groups in total. The molecule has 2 amide bonds. The Morgan fingerprint density at radius 2 is 1.85 bits per heavy atom. The Bertz CT molecular complexity index is 777. The number of hydrogen-bond acceptors (Lipinski definition) is 5. The van der Waals surface area contributed by atoms with Crippen LogP contribution in [0, 0.1) is 0 Å². The SMILES string of the molecule is CCc1ccccc1NC(=O)CN(C)C(=O)COC(=O)c1ccccn1. The molecule has 1 heterocycles. The molecule has 0 spiro atoms. The molecule has 7 nitrogen and oxygen atoms in total. The van der Waals surface area contributed by atoms with E-state index in [1.54, 1.807) is 12.1 Å². The van der Waals surface area contributed by atoms with Crippen molar-refractivity contribution in [3.05, 3.63) is 59.9 Å². The van der Waals surface area contributed by atoms with Gasteiger partial charge < -0.3 is 15.0 Å². The summed E-state index contributed by atoms with van der Waals surface area (Å²) in [6.07, 6.45) is 2.25. The van der Waals surface area contributed by atoms with Gasteiger partial charge in [-0.05, 0) is 30.2 Å². The highest BCUT2D eigenvalue weighted by Crippen LogP contribution is 2.15. The summed E-state index contributed by atoms with van der Waals surface area (Å²) < 4.78 is 4.92. The van der Waals surface area contributed by atoms with Crippen molar-refractivity contribution in [2.45, 2.75) is 13.3 Å². The maximum absolute atomic E-state index is 12.1. The second-order valence-electron chi connectivity index (χ2n) is 5.60. The maximum Gasteiger partial charge on any atom is 0.357 e. The Hall–Kier alpha value is -3.22. The minimum atomic E-state index is -0.686. The van der Waals surface area contributed by atoms with Crippen molar-refractivity contribution in [1.29, 1.82) is 0 Å². The molecule has 0 bridgehead atoms. The van der Waals surface area contributed by atoms with Crippen molar-refractivity contribution in [3.63, 3.8) is 0 Å². The molecule has 2 aromatic rings. The van der Waals surface area contributed by atoms with E-state index in [1.807, 2.05) is 31.2 Å². The van der Waals surface area contributed by atoms with Crippen LogP contribution in [-0.2, 0) is 20.7 Å². The van der Waals surface area contributed by atoms with Crippen molar-refractivity contribution in [2.75, 3.05) is 25.5 Å². The number of rotatable bonds is 7. The van der Waals surface area contributed by atoms with Gasteiger partial charge in [0, 0.05) is 18.9 Å². The van der Waals surface area contributed by atoms with E-state index in [2.05, 4.69) is 10.3 Å². The largest absolute Gasteiger partial charge is 0.451 e. The number of para-hydroxylation sites is 1. The van der Waals surface area contributed by atoms with Crippen LogP contribution in [-0.4, -0.2) is 47.9 Å². The summed E-state index contributed by atoms with van der Waals surface area (Å²) in [6.45, 7) is 1.40. The van der Waals surface area contributed by atoms with Crippen molar-refractivity contribution in [1.82, 2.24) is 9.88 Å². The number of nitrogens with zero attached hydrogens (tertiary/aromatic N) is 2. The van der Waals surface area contributed by atoms with Crippen molar-refractivity contribution < 1.29 is 19.1 Å². The van der Waals surface area contributed by atoms with E-state index < -0.39 is 18.5 Å². The number of amides is 2. The average molecular weight is 355 g/mol. The number of benzene rings is 1. The van der Waals surface area contributed by atoms with Gasteiger partial charge in [0.1, 0.15) is 5.69 Å². The van der Waals surface area contributed by atoms with Crippen LogP contribution >= 0.6 is 0 Å². The highest BCUT2D eigenvalue weighted by atomic mass is 16.5. The lowest BCUT2D eigenvalue weighted by atomic mass is 10.1. The zero-order valence-corrected chi connectivity index (χ0v) is 14.8. The normalized spacial score (nSPS) is 10.1. The molecule has 0 fully saturated rings. The van der Waals surface area contributed by atoms with Crippen molar-refractivity contribution in [3.8, 4) is 0 Å². The van der Waals surface area contributed by atoms with E-state index >= 15 is 0 Å². The molecular weight excluding hydrogens is 334 g/mol. The molecule has 26 heavy (non-hydrogen) atoms. The van der Waals surface area contributed by atoms with Gasteiger partial charge in [-0.1, -0.05) is 31.2 Å². The highest BCUT2D eigenvalue weighted by molar-refractivity contribution is 5.95. The number of esters is 1. The second-order valence-corrected chi connectivity index (χ2v) is 5.60. The Morgan fingerprint density at radius 1 is 1.12 bits per heavy atom. The summed E-state index contributed by atoms with van der Waals surface area (Å²) in [5, 5.41) is 2.79. The third kappa shape index (κ3) is 5.41. The summed E-state index contributed by atoms with van der Waals surface area (Å²) in [5.41, 5.74) is 1.86. The zero-order valence-electron chi connectivity index (χ0n) is 14.8. The third-order valence-corrected chi connectivity index (χ3v) is 3.68. The molecule has 0 atom stereocenters. The number of aromatic nitrogens is 1. The standard InChI is InChI=1S/C19H21N3O4/c1-3-14-8-4-5-9-15(14)21-17(23)12-22(2)18(24)13-26-19(25)16-10-6-7-11-20-16/h4-11H,3,12-13H2,1-2H3,(H,21,23). The maximum atomic E-state index is 12.1. The summed E-state index contributed by atoms with van der Waals surface area (Å²) in [6, 6.07) is 12.3. The van der Waals surface area contributed by atoms with Crippen molar-refractivity contribution in [2.24, 2.45) is 0 Å². The zero-order chi connectivity index (χ0) is 18.9. The highest BCUT2D eigenvalue weighted by Gasteiger charge is 2.17. The number of likely N-dealkylation sites (N-methyl/N-ethyl adjacent to an activating group) is 1. The minimum absolute atomic E-state index is 0.122. The topological polar surface area (TPSA) is 88.6 Å². The first-order valence-electron chi connectivity index (χ1n) is 8.21. The van der Waals surface area contributed by atoms with Gasteiger partial charge in [0.05, 0.1) is 6.54 Å². The van der Waals surface area contributed by atoms with Gasteiger partial charge in [-0.3, -0.25) is 9.59 Å². The van der Waals surface area contributed by atoms with E-state index in [9.17, 15) is 14.4 Å². The molecule has 0 unspecified atom stereocenters. The lowest BCUT2D eigenvalue weighted by Gasteiger charge is -2.17. The van der Waals surface area contributed by atoms with E-state index in [0.29, 0.717) is 0 Å². The molecule has 1 aromatic heterocycles. The number of nitrogens with one attached hydrogen (secondary N) is 1. The smallest absolute Gasteiger partial charge is 0.357 e. The lowest BCUT2D eigenvalue weighted by molar-refractivity contribution is -0.136. The predicted octanol–water partition coefficient (Wildman–Crippen LogP) is 1.90. The molecular formula is C19H21N3O4. The summed E-state index contributed by atoms with van der Waals surface area (Å²) in [4.78, 5) is 41.0. The van der Waals surface area contributed by atoms with Crippen LogP contribution in [0.25, 0.3) is 0 Å². The second kappa shape index (κ2) is 9.31. The third-order valence-electron chi connectivity index (χ3n) is 3.68. The van der Waals surface area contributed by atoms with Gasteiger partial charge in [0.15, 0.2) is 6.61 Å². The summed E-state index contributed by atoms with van der Waals surface area (Å²) in [7, 11) is 1.47. The van der Waals surface area contributed by atoms with Crippen LogP contribution in [0.3, 0.4) is 0 Å².